The third-order valence-electron chi connectivity index (χ3n) is 7.16. The molecule has 6 heteroatoms. The predicted octanol–water partition coefficient (Wildman–Crippen LogP) is 7.61. The van der Waals surface area contributed by atoms with Crippen LogP contribution < -0.4 is 5.73 Å². The van der Waals surface area contributed by atoms with Gasteiger partial charge < -0.3 is 15.9 Å². The molecule has 35 heavy (non-hydrogen) atoms. The van der Waals surface area contributed by atoms with Crippen molar-refractivity contribution in [1.82, 2.24) is 0 Å². The molecule has 0 radical (unpaired) electrons. The highest BCUT2D eigenvalue weighted by Gasteiger charge is 2.33. The van der Waals surface area contributed by atoms with Crippen molar-refractivity contribution in [3.05, 3.63) is 56.6 Å². The van der Waals surface area contributed by atoms with Crippen molar-refractivity contribution in [3.8, 4) is 11.5 Å². The molecule has 0 unspecified atom stereocenters. The number of aromatic hydroxyl groups is 2. The first-order chi connectivity index (χ1) is 15.7. The largest absolute Gasteiger partial charge is 0.508 e. The van der Waals surface area contributed by atoms with Crippen molar-refractivity contribution >= 4 is 11.4 Å². The molecule has 0 aromatic heterocycles. The second kappa shape index (κ2) is 9.36. The van der Waals surface area contributed by atoms with Gasteiger partial charge in [-0.3, -0.25) is 10.1 Å². The summed E-state index contributed by atoms with van der Waals surface area (Å²) in [5, 5.41) is 32.8. The lowest BCUT2D eigenvalue weighted by Gasteiger charge is -2.32. The van der Waals surface area contributed by atoms with Crippen molar-refractivity contribution in [3.63, 3.8) is 0 Å². The minimum absolute atomic E-state index is 0.0356. The summed E-state index contributed by atoms with van der Waals surface area (Å²) in [6.45, 7) is 20.5. The summed E-state index contributed by atoms with van der Waals surface area (Å²) in [4.78, 5) is 11.2. The van der Waals surface area contributed by atoms with E-state index in [4.69, 9.17) is 5.73 Å². The Morgan fingerprint density at radius 1 is 0.714 bits per heavy atom. The van der Waals surface area contributed by atoms with Crippen molar-refractivity contribution in [2.24, 2.45) is 0 Å². The molecule has 0 aliphatic heterocycles. The van der Waals surface area contributed by atoms with Crippen molar-refractivity contribution in [2.75, 3.05) is 5.73 Å². The van der Waals surface area contributed by atoms with Gasteiger partial charge in [0.25, 0.3) is 5.69 Å². The fraction of sp³-hybridized carbons (Fsp3) is 0.586. The minimum atomic E-state index is -0.427. The van der Waals surface area contributed by atoms with Crippen LogP contribution in [-0.4, -0.2) is 15.1 Å². The number of hydrogen-bond donors (Lipinski definition) is 3. The minimum Gasteiger partial charge on any atom is -0.508 e. The molecule has 0 saturated carbocycles. The van der Waals surface area contributed by atoms with Gasteiger partial charge in [0.1, 0.15) is 11.5 Å². The molecule has 4 N–H and O–H groups in total. The van der Waals surface area contributed by atoms with Gasteiger partial charge in [0, 0.05) is 22.9 Å². The Morgan fingerprint density at radius 3 is 1.60 bits per heavy atom. The van der Waals surface area contributed by atoms with E-state index in [1.807, 2.05) is 32.9 Å². The number of benzene rings is 2. The maximum atomic E-state index is 11.6. The second-order valence-corrected chi connectivity index (χ2v) is 13.2. The lowest BCUT2D eigenvalue weighted by Crippen LogP contribution is -2.24. The molecule has 0 heterocycles. The molecular weight excluding hydrogens is 440 g/mol. The van der Waals surface area contributed by atoms with E-state index in [0.29, 0.717) is 11.3 Å². The number of hydrogen-bond acceptors (Lipinski definition) is 5. The van der Waals surface area contributed by atoms with Gasteiger partial charge in [0.2, 0.25) is 0 Å². The van der Waals surface area contributed by atoms with E-state index in [1.165, 1.54) is 6.07 Å². The molecule has 6 nitrogen and oxygen atoms in total. The number of nitrogen functional groups attached to an aromatic ring is 1. The maximum Gasteiger partial charge on any atom is 0.276 e. The van der Waals surface area contributed by atoms with E-state index in [-0.39, 0.29) is 33.4 Å². The first-order valence-electron chi connectivity index (χ1n) is 12.3. The molecule has 0 aliphatic rings. The number of nitro benzene ring substituents is 1. The van der Waals surface area contributed by atoms with E-state index >= 15 is 0 Å². The lowest BCUT2D eigenvalue weighted by atomic mass is 9.72. The average Bonchev–Trinajstić information content (AvgIpc) is 2.64. The maximum absolute atomic E-state index is 11.6. The zero-order valence-corrected chi connectivity index (χ0v) is 23.2. The fourth-order valence-electron chi connectivity index (χ4n) is 4.90. The number of anilines is 1. The van der Waals surface area contributed by atoms with Crippen LogP contribution in [0.4, 0.5) is 11.4 Å². The van der Waals surface area contributed by atoms with Gasteiger partial charge in [-0.25, -0.2) is 0 Å². The highest BCUT2D eigenvalue weighted by Crippen LogP contribution is 2.44. The van der Waals surface area contributed by atoms with E-state index < -0.39 is 10.3 Å². The SMILES string of the molecule is CC(C)(C)c1cc(C(C)(C)CCCC(C)(C)c2cc(C(C)(C)C)c([N+](=O)[O-])cc2O)c(N)cc1O. The normalized spacial score (nSPS) is 13.2. The number of nitrogens with zero attached hydrogens (tertiary/aromatic N) is 1. The monoisotopic (exact) mass is 484 g/mol. The third kappa shape index (κ3) is 6.28. The van der Waals surface area contributed by atoms with Gasteiger partial charge in [-0.1, -0.05) is 75.7 Å². The standard InChI is InChI=1S/C29H44N2O4/c1-26(2,3)19-15-21(25(33)17-23(19)31(34)35)29(9,10)13-11-12-28(7,8)18-14-20(27(4,5)6)24(32)16-22(18)30/h14-17,32-33H,11-13,30H2,1-10H3. The summed E-state index contributed by atoms with van der Waals surface area (Å²) < 4.78 is 0. The van der Waals surface area contributed by atoms with Crippen LogP contribution in [0.1, 0.15) is 111 Å². The quantitative estimate of drug-likeness (QED) is 0.213. The molecule has 194 valence electrons. The molecule has 2 rings (SSSR count). The van der Waals surface area contributed by atoms with Crippen LogP contribution >= 0.6 is 0 Å². The summed E-state index contributed by atoms with van der Waals surface area (Å²) in [6.07, 6.45) is 2.51. The Hall–Kier alpha value is -2.76. The van der Waals surface area contributed by atoms with Crippen molar-refractivity contribution in [2.45, 2.75) is 110 Å². The molecule has 0 aliphatic carbocycles. The molecule has 0 bridgehead atoms. The Labute approximate surface area is 210 Å². The van der Waals surface area contributed by atoms with Gasteiger partial charge in [-0.05, 0) is 57.8 Å². The Kier molecular flexibility index (Phi) is 7.62. The molecule has 2 aromatic carbocycles. The number of rotatable bonds is 7. The van der Waals surface area contributed by atoms with Gasteiger partial charge in [-0.15, -0.1) is 0 Å². The summed E-state index contributed by atoms with van der Waals surface area (Å²) in [7, 11) is 0. The zero-order valence-electron chi connectivity index (χ0n) is 23.2. The predicted molar refractivity (Wildman–Crippen MR) is 145 cm³/mol. The van der Waals surface area contributed by atoms with Crippen molar-refractivity contribution in [1.29, 1.82) is 0 Å². The van der Waals surface area contributed by atoms with Gasteiger partial charge in [0.15, 0.2) is 0 Å². The van der Waals surface area contributed by atoms with Gasteiger partial charge in [0.05, 0.1) is 11.0 Å². The molecule has 0 fully saturated rings. The number of nitrogens with two attached hydrogens (primary N) is 1. The van der Waals surface area contributed by atoms with E-state index in [9.17, 15) is 20.3 Å². The Bertz CT molecular complexity index is 1100. The summed E-state index contributed by atoms with van der Waals surface area (Å²) in [5.74, 6) is 0.186. The smallest absolute Gasteiger partial charge is 0.276 e. The van der Waals surface area contributed by atoms with Crippen LogP contribution in [-0.2, 0) is 21.7 Å². The van der Waals surface area contributed by atoms with Crippen LogP contribution in [0.3, 0.4) is 0 Å². The van der Waals surface area contributed by atoms with Gasteiger partial charge >= 0.3 is 0 Å². The van der Waals surface area contributed by atoms with Gasteiger partial charge in [-0.2, -0.15) is 0 Å². The Morgan fingerprint density at radius 2 is 1.14 bits per heavy atom. The highest BCUT2D eigenvalue weighted by atomic mass is 16.6. The van der Waals surface area contributed by atoms with Crippen LogP contribution in [0.2, 0.25) is 0 Å². The van der Waals surface area contributed by atoms with E-state index in [0.717, 1.165) is 36.0 Å². The average molecular weight is 485 g/mol. The highest BCUT2D eigenvalue weighted by molar-refractivity contribution is 5.59. The first-order valence-corrected chi connectivity index (χ1v) is 12.3. The first kappa shape index (κ1) is 28.5. The molecule has 0 amide bonds. The summed E-state index contributed by atoms with van der Waals surface area (Å²) >= 11 is 0. The van der Waals surface area contributed by atoms with Crippen LogP contribution in [0, 0.1) is 10.1 Å². The van der Waals surface area contributed by atoms with Crippen molar-refractivity contribution < 1.29 is 15.1 Å². The van der Waals surface area contributed by atoms with Crippen LogP contribution in [0.15, 0.2) is 24.3 Å². The molecule has 0 saturated heterocycles. The molecular formula is C29H44N2O4. The van der Waals surface area contributed by atoms with Crippen LogP contribution in [0.25, 0.3) is 0 Å². The van der Waals surface area contributed by atoms with E-state index in [1.54, 1.807) is 6.07 Å². The molecule has 0 spiro atoms. The molecule has 2 aromatic rings. The fourth-order valence-corrected chi connectivity index (χ4v) is 4.90. The van der Waals surface area contributed by atoms with E-state index in [2.05, 4.69) is 48.5 Å². The number of phenolic OH excluding ortho intramolecular Hbond substituents is 2. The molecule has 0 atom stereocenters. The summed E-state index contributed by atoms with van der Waals surface area (Å²) in [5.41, 5.74) is 8.88. The topological polar surface area (TPSA) is 110 Å². The zero-order chi connectivity index (χ0) is 27.1. The lowest BCUT2D eigenvalue weighted by molar-refractivity contribution is -0.386. The number of phenols is 2. The van der Waals surface area contributed by atoms with Crippen LogP contribution in [0.5, 0.6) is 11.5 Å². The summed E-state index contributed by atoms with van der Waals surface area (Å²) in [6, 6.07) is 6.80. The third-order valence-corrected chi connectivity index (χ3v) is 7.16. The second-order valence-electron chi connectivity index (χ2n) is 13.2. The number of nitro groups is 1. The Balaban J connectivity index is 2.33.